The monoisotopic (exact) mass is 379 g/mol. The highest BCUT2D eigenvalue weighted by molar-refractivity contribution is 14.1. The number of hydrogen-bond donors (Lipinski definition) is 1. The van der Waals surface area contributed by atoms with Gasteiger partial charge in [-0.1, -0.05) is 11.6 Å². The Morgan fingerprint density at radius 2 is 2.11 bits per heavy atom. The van der Waals surface area contributed by atoms with Crippen LogP contribution in [0.5, 0.6) is 0 Å². The summed E-state index contributed by atoms with van der Waals surface area (Å²) in [6.07, 6.45) is 1.69. The Morgan fingerprint density at radius 1 is 1.44 bits per heavy atom. The highest BCUT2D eigenvalue weighted by Gasteiger charge is 2.29. The van der Waals surface area contributed by atoms with Gasteiger partial charge in [0.05, 0.1) is 5.02 Å². The second-order valence-corrected chi connectivity index (χ2v) is 6.33. The van der Waals surface area contributed by atoms with Crippen molar-refractivity contribution >= 4 is 40.1 Å². The summed E-state index contributed by atoms with van der Waals surface area (Å²) < 4.78 is 6.26. The first-order valence-electron chi connectivity index (χ1n) is 5.85. The van der Waals surface area contributed by atoms with E-state index >= 15 is 0 Å². The van der Waals surface area contributed by atoms with Gasteiger partial charge in [-0.2, -0.15) is 0 Å². The molecule has 1 amide bonds. The smallest absolute Gasteiger partial charge is 0.251 e. The Hall–Kier alpha value is -0.330. The maximum absolute atomic E-state index is 12.2. The van der Waals surface area contributed by atoms with Crippen molar-refractivity contribution in [1.82, 2.24) is 5.32 Å². The standard InChI is InChI=1S/C13H15ClINO2/c1-13(4-6-18-7-5-13)16-12(17)9-2-3-11(15)10(14)8-9/h2-3,8H,4-7H2,1H3,(H,16,17). The van der Waals surface area contributed by atoms with Gasteiger partial charge in [-0.3, -0.25) is 4.79 Å². The number of carbonyl (C=O) groups excluding carboxylic acids is 1. The van der Waals surface area contributed by atoms with Crippen LogP contribution < -0.4 is 5.32 Å². The van der Waals surface area contributed by atoms with Gasteiger partial charge >= 0.3 is 0 Å². The van der Waals surface area contributed by atoms with Crippen LogP contribution in [0.2, 0.25) is 5.02 Å². The molecule has 1 saturated heterocycles. The Morgan fingerprint density at radius 3 is 2.72 bits per heavy atom. The van der Waals surface area contributed by atoms with Crippen molar-refractivity contribution in [1.29, 1.82) is 0 Å². The second kappa shape index (κ2) is 5.75. The molecule has 1 aliphatic heterocycles. The predicted molar refractivity (Wildman–Crippen MR) is 80.1 cm³/mol. The third-order valence-electron chi connectivity index (χ3n) is 3.19. The van der Waals surface area contributed by atoms with Crippen molar-refractivity contribution in [2.75, 3.05) is 13.2 Å². The average Bonchev–Trinajstić information content (AvgIpc) is 2.33. The van der Waals surface area contributed by atoms with E-state index in [-0.39, 0.29) is 11.4 Å². The molecule has 1 aromatic rings. The lowest BCUT2D eigenvalue weighted by Crippen LogP contribution is -2.49. The summed E-state index contributed by atoms with van der Waals surface area (Å²) in [4.78, 5) is 12.2. The molecule has 1 aromatic carbocycles. The van der Waals surface area contributed by atoms with Gasteiger partial charge in [-0.05, 0) is 60.6 Å². The first kappa shape index (κ1) is 14.1. The van der Waals surface area contributed by atoms with E-state index in [1.54, 1.807) is 12.1 Å². The molecule has 0 unspecified atom stereocenters. The molecule has 0 radical (unpaired) electrons. The van der Waals surface area contributed by atoms with Crippen LogP contribution in [0.3, 0.4) is 0 Å². The number of halogens is 2. The third kappa shape index (κ3) is 3.36. The fourth-order valence-electron chi connectivity index (χ4n) is 1.93. The normalized spacial score (nSPS) is 18.4. The average molecular weight is 380 g/mol. The zero-order chi connectivity index (χ0) is 13.2. The van der Waals surface area contributed by atoms with Crippen LogP contribution in [-0.2, 0) is 4.74 Å². The molecule has 1 heterocycles. The molecule has 0 aromatic heterocycles. The number of nitrogens with one attached hydrogen (secondary N) is 1. The van der Waals surface area contributed by atoms with E-state index < -0.39 is 0 Å². The zero-order valence-corrected chi connectivity index (χ0v) is 13.0. The van der Waals surface area contributed by atoms with Crippen LogP contribution in [0.25, 0.3) is 0 Å². The van der Waals surface area contributed by atoms with E-state index in [4.69, 9.17) is 16.3 Å². The maximum atomic E-state index is 12.2. The van der Waals surface area contributed by atoms with Crippen molar-refractivity contribution < 1.29 is 9.53 Å². The summed E-state index contributed by atoms with van der Waals surface area (Å²) in [5, 5.41) is 3.69. The molecule has 0 bridgehead atoms. The highest BCUT2D eigenvalue weighted by Crippen LogP contribution is 2.22. The van der Waals surface area contributed by atoms with Crippen LogP contribution in [0.1, 0.15) is 30.1 Å². The number of amides is 1. The van der Waals surface area contributed by atoms with Crippen LogP contribution in [0.15, 0.2) is 18.2 Å². The Labute approximate surface area is 125 Å². The second-order valence-electron chi connectivity index (χ2n) is 4.76. The lowest BCUT2D eigenvalue weighted by Gasteiger charge is -2.34. The molecule has 0 saturated carbocycles. The van der Waals surface area contributed by atoms with Crippen LogP contribution in [0.4, 0.5) is 0 Å². The van der Waals surface area contributed by atoms with Gasteiger partial charge in [0.25, 0.3) is 5.91 Å². The number of hydrogen-bond acceptors (Lipinski definition) is 2. The zero-order valence-electron chi connectivity index (χ0n) is 10.1. The first-order valence-corrected chi connectivity index (χ1v) is 7.31. The topological polar surface area (TPSA) is 38.3 Å². The minimum Gasteiger partial charge on any atom is -0.381 e. The van der Waals surface area contributed by atoms with E-state index in [0.29, 0.717) is 23.8 Å². The minimum absolute atomic E-state index is 0.0716. The van der Waals surface area contributed by atoms with Crippen LogP contribution >= 0.6 is 34.2 Å². The molecule has 0 atom stereocenters. The molecule has 1 fully saturated rings. The molecule has 1 aliphatic rings. The summed E-state index contributed by atoms with van der Waals surface area (Å²) in [6, 6.07) is 5.36. The maximum Gasteiger partial charge on any atom is 0.251 e. The quantitative estimate of drug-likeness (QED) is 0.801. The summed E-state index contributed by atoms with van der Waals surface area (Å²) in [6.45, 7) is 3.45. The largest absolute Gasteiger partial charge is 0.381 e. The summed E-state index contributed by atoms with van der Waals surface area (Å²) in [5.74, 6) is -0.0716. The fraction of sp³-hybridized carbons (Fsp3) is 0.462. The van der Waals surface area contributed by atoms with Gasteiger partial charge in [-0.25, -0.2) is 0 Å². The van der Waals surface area contributed by atoms with Gasteiger partial charge in [0.1, 0.15) is 0 Å². The summed E-state index contributed by atoms with van der Waals surface area (Å²) >= 11 is 8.17. The minimum atomic E-state index is -0.176. The Balaban J connectivity index is 2.09. The highest BCUT2D eigenvalue weighted by atomic mass is 127. The molecule has 18 heavy (non-hydrogen) atoms. The molecular weight excluding hydrogens is 365 g/mol. The Bertz CT molecular complexity index is 458. The van der Waals surface area contributed by atoms with Gasteiger partial charge < -0.3 is 10.1 Å². The van der Waals surface area contributed by atoms with E-state index in [1.165, 1.54) is 0 Å². The number of rotatable bonds is 2. The van der Waals surface area contributed by atoms with Crippen molar-refractivity contribution in [3.05, 3.63) is 32.4 Å². The van der Waals surface area contributed by atoms with Gasteiger partial charge in [0.2, 0.25) is 0 Å². The van der Waals surface area contributed by atoms with Crippen molar-refractivity contribution in [2.45, 2.75) is 25.3 Å². The van der Waals surface area contributed by atoms with Gasteiger partial charge in [0.15, 0.2) is 0 Å². The van der Waals surface area contributed by atoms with Crippen molar-refractivity contribution in [2.24, 2.45) is 0 Å². The molecule has 5 heteroatoms. The number of ether oxygens (including phenoxy) is 1. The van der Waals surface area contributed by atoms with E-state index in [2.05, 4.69) is 34.8 Å². The van der Waals surface area contributed by atoms with E-state index in [0.717, 1.165) is 16.4 Å². The SMILES string of the molecule is CC1(NC(=O)c2ccc(I)c(Cl)c2)CCOCC1. The lowest BCUT2D eigenvalue weighted by atomic mass is 9.92. The van der Waals surface area contributed by atoms with Crippen LogP contribution in [-0.4, -0.2) is 24.7 Å². The lowest BCUT2D eigenvalue weighted by molar-refractivity contribution is 0.0423. The van der Waals surface area contributed by atoms with Gasteiger partial charge in [0, 0.05) is 27.9 Å². The van der Waals surface area contributed by atoms with E-state index in [9.17, 15) is 4.79 Å². The summed E-state index contributed by atoms with van der Waals surface area (Å²) in [7, 11) is 0. The molecule has 3 nitrogen and oxygen atoms in total. The molecular formula is C13H15ClINO2. The van der Waals surface area contributed by atoms with Crippen LogP contribution in [0, 0.1) is 3.57 Å². The van der Waals surface area contributed by atoms with Crippen molar-refractivity contribution in [3.8, 4) is 0 Å². The van der Waals surface area contributed by atoms with E-state index in [1.807, 2.05) is 6.07 Å². The molecule has 98 valence electrons. The van der Waals surface area contributed by atoms with Gasteiger partial charge in [-0.15, -0.1) is 0 Å². The Kier molecular flexibility index (Phi) is 4.50. The molecule has 2 rings (SSSR count). The molecule has 1 N–H and O–H groups in total. The molecule has 0 aliphatic carbocycles. The third-order valence-corrected chi connectivity index (χ3v) is 4.77. The predicted octanol–water partition coefficient (Wildman–Crippen LogP) is 3.24. The first-order chi connectivity index (χ1) is 8.50. The fourth-order valence-corrected chi connectivity index (χ4v) is 2.45. The molecule has 0 spiro atoms. The number of carbonyl (C=O) groups is 1. The number of benzene rings is 1. The summed E-state index contributed by atoms with van der Waals surface area (Å²) in [5.41, 5.74) is 0.429. The van der Waals surface area contributed by atoms with Crippen molar-refractivity contribution in [3.63, 3.8) is 0 Å².